The van der Waals surface area contributed by atoms with Crippen molar-refractivity contribution in [2.45, 2.75) is 19.7 Å². The van der Waals surface area contributed by atoms with Crippen LogP contribution in [0.1, 0.15) is 16.8 Å². The van der Waals surface area contributed by atoms with Gasteiger partial charge in [0.2, 0.25) is 0 Å². The first kappa shape index (κ1) is 22.3. The van der Waals surface area contributed by atoms with Crippen LogP contribution in [0, 0.1) is 0 Å². The molecule has 28 heavy (non-hydrogen) atoms. The molecule has 0 spiro atoms. The van der Waals surface area contributed by atoms with E-state index >= 15 is 0 Å². The molecule has 1 N–H and O–H groups in total. The molecular weight excluding hydrogens is 419 g/mol. The summed E-state index contributed by atoms with van der Waals surface area (Å²) in [5.41, 5.74) is 2.99. The first-order valence-electron chi connectivity index (χ1n) is 8.50. The SMILES string of the molecule is COc1cc(CNCc2ccccn2)cc(Cl)c1OCc1ccc(Cl)cc1.Cl. The lowest BCUT2D eigenvalue weighted by Gasteiger charge is -2.15. The number of nitrogens with one attached hydrogen (secondary N) is 1. The van der Waals surface area contributed by atoms with E-state index < -0.39 is 0 Å². The van der Waals surface area contributed by atoms with Crippen molar-refractivity contribution in [3.8, 4) is 11.5 Å². The van der Waals surface area contributed by atoms with Crippen LogP contribution in [0.2, 0.25) is 10.0 Å². The summed E-state index contributed by atoms with van der Waals surface area (Å²) < 4.78 is 11.4. The fourth-order valence-corrected chi connectivity index (χ4v) is 3.00. The Morgan fingerprint density at radius 2 is 1.75 bits per heavy atom. The van der Waals surface area contributed by atoms with Crippen molar-refractivity contribution in [2.75, 3.05) is 7.11 Å². The number of nitrogens with zero attached hydrogens (tertiary/aromatic N) is 1. The van der Waals surface area contributed by atoms with Crippen LogP contribution in [0.5, 0.6) is 11.5 Å². The molecule has 0 saturated heterocycles. The van der Waals surface area contributed by atoms with E-state index in [1.807, 2.05) is 54.6 Å². The number of hydrogen-bond donors (Lipinski definition) is 1. The van der Waals surface area contributed by atoms with Gasteiger partial charge in [0.05, 0.1) is 17.8 Å². The molecule has 0 radical (unpaired) electrons. The number of aromatic nitrogens is 1. The van der Waals surface area contributed by atoms with Gasteiger partial charge in [-0.2, -0.15) is 0 Å². The molecule has 0 fully saturated rings. The number of benzene rings is 2. The Balaban J connectivity index is 0.00000280. The third-order valence-electron chi connectivity index (χ3n) is 3.95. The molecule has 7 heteroatoms. The van der Waals surface area contributed by atoms with Crippen LogP contribution in [-0.4, -0.2) is 12.1 Å². The maximum atomic E-state index is 6.43. The van der Waals surface area contributed by atoms with Gasteiger partial charge in [-0.25, -0.2) is 0 Å². The molecule has 3 aromatic rings. The Kier molecular flexibility index (Phi) is 8.87. The average molecular weight is 440 g/mol. The number of hydrogen-bond acceptors (Lipinski definition) is 4. The maximum absolute atomic E-state index is 6.43. The Morgan fingerprint density at radius 1 is 0.964 bits per heavy atom. The van der Waals surface area contributed by atoms with Gasteiger partial charge in [0.1, 0.15) is 6.61 Å². The standard InChI is InChI=1S/C21H20Cl2N2O2.ClH/c1-26-20-11-16(12-24-13-18-4-2-3-9-25-18)10-19(23)21(20)27-14-15-5-7-17(22)8-6-15;/h2-11,24H,12-14H2,1H3;1H. The van der Waals surface area contributed by atoms with Crippen LogP contribution in [0.25, 0.3) is 0 Å². The molecule has 0 bridgehead atoms. The number of halogens is 3. The number of ether oxygens (including phenoxy) is 2. The van der Waals surface area contributed by atoms with Crippen LogP contribution < -0.4 is 14.8 Å². The van der Waals surface area contributed by atoms with Crippen molar-refractivity contribution in [1.29, 1.82) is 0 Å². The number of methoxy groups -OCH3 is 1. The molecular formula is C21H21Cl3N2O2. The predicted molar refractivity (Wildman–Crippen MR) is 116 cm³/mol. The fourth-order valence-electron chi connectivity index (χ4n) is 2.59. The molecule has 0 aliphatic rings. The van der Waals surface area contributed by atoms with Crippen LogP contribution >= 0.6 is 35.6 Å². The topological polar surface area (TPSA) is 43.4 Å². The van der Waals surface area contributed by atoms with E-state index in [4.69, 9.17) is 32.7 Å². The predicted octanol–water partition coefficient (Wildman–Crippen LogP) is 5.69. The highest BCUT2D eigenvalue weighted by Crippen LogP contribution is 2.37. The Labute approximate surface area is 181 Å². The summed E-state index contributed by atoms with van der Waals surface area (Å²) in [5, 5.41) is 4.55. The lowest BCUT2D eigenvalue weighted by molar-refractivity contribution is 0.284. The van der Waals surface area contributed by atoms with Gasteiger partial charge >= 0.3 is 0 Å². The molecule has 3 rings (SSSR count). The van der Waals surface area contributed by atoms with Crippen molar-refractivity contribution in [3.05, 3.63) is 87.7 Å². The smallest absolute Gasteiger partial charge is 0.180 e. The lowest BCUT2D eigenvalue weighted by Crippen LogP contribution is -2.13. The minimum Gasteiger partial charge on any atom is -0.493 e. The highest BCUT2D eigenvalue weighted by molar-refractivity contribution is 6.32. The van der Waals surface area contributed by atoms with E-state index in [9.17, 15) is 0 Å². The Morgan fingerprint density at radius 3 is 2.43 bits per heavy atom. The first-order chi connectivity index (χ1) is 13.2. The van der Waals surface area contributed by atoms with Crippen LogP contribution in [0.3, 0.4) is 0 Å². The molecule has 1 heterocycles. The minimum absolute atomic E-state index is 0. The van der Waals surface area contributed by atoms with Crippen molar-refractivity contribution in [3.63, 3.8) is 0 Å². The van der Waals surface area contributed by atoms with Crippen LogP contribution in [0.15, 0.2) is 60.8 Å². The summed E-state index contributed by atoms with van der Waals surface area (Å²) in [6.45, 7) is 1.70. The average Bonchev–Trinajstić information content (AvgIpc) is 2.69. The van der Waals surface area contributed by atoms with Gasteiger partial charge in [-0.05, 0) is 47.5 Å². The highest BCUT2D eigenvalue weighted by atomic mass is 35.5. The molecule has 148 valence electrons. The maximum Gasteiger partial charge on any atom is 0.180 e. The molecule has 0 unspecified atom stereocenters. The number of rotatable bonds is 8. The molecule has 0 aliphatic heterocycles. The zero-order valence-corrected chi connectivity index (χ0v) is 17.7. The van der Waals surface area contributed by atoms with Gasteiger partial charge in [0.25, 0.3) is 0 Å². The van der Waals surface area contributed by atoms with E-state index in [1.165, 1.54) is 0 Å². The molecule has 0 atom stereocenters. The quantitative estimate of drug-likeness (QED) is 0.490. The van der Waals surface area contributed by atoms with Gasteiger partial charge in [0, 0.05) is 24.3 Å². The van der Waals surface area contributed by atoms with Gasteiger partial charge in [-0.1, -0.05) is 41.4 Å². The van der Waals surface area contributed by atoms with Crippen molar-refractivity contribution < 1.29 is 9.47 Å². The largest absolute Gasteiger partial charge is 0.493 e. The van der Waals surface area contributed by atoms with Crippen LogP contribution in [-0.2, 0) is 19.7 Å². The lowest BCUT2D eigenvalue weighted by atomic mass is 10.2. The first-order valence-corrected chi connectivity index (χ1v) is 9.25. The summed E-state index contributed by atoms with van der Waals surface area (Å²) in [7, 11) is 1.60. The summed E-state index contributed by atoms with van der Waals surface area (Å²) in [6, 6.07) is 17.1. The zero-order valence-electron chi connectivity index (χ0n) is 15.3. The Bertz CT molecular complexity index is 875. The van der Waals surface area contributed by atoms with E-state index in [0.717, 1.165) is 16.8 Å². The molecule has 0 aliphatic carbocycles. The summed E-state index contributed by atoms with van der Waals surface area (Å²) >= 11 is 12.3. The van der Waals surface area contributed by atoms with E-state index in [0.29, 0.717) is 41.2 Å². The molecule has 0 amide bonds. The molecule has 2 aromatic carbocycles. The second-order valence-corrected chi connectivity index (χ2v) is 6.79. The zero-order chi connectivity index (χ0) is 19.1. The fraction of sp³-hybridized carbons (Fsp3) is 0.190. The monoisotopic (exact) mass is 438 g/mol. The second kappa shape index (κ2) is 11.1. The third kappa shape index (κ3) is 6.28. The second-order valence-electron chi connectivity index (χ2n) is 5.95. The van der Waals surface area contributed by atoms with E-state index in [2.05, 4.69) is 10.3 Å². The van der Waals surface area contributed by atoms with E-state index in [1.54, 1.807) is 13.3 Å². The van der Waals surface area contributed by atoms with Gasteiger partial charge in [-0.15, -0.1) is 12.4 Å². The molecule has 1 aromatic heterocycles. The van der Waals surface area contributed by atoms with E-state index in [-0.39, 0.29) is 12.4 Å². The van der Waals surface area contributed by atoms with Gasteiger partial charge < -0.3 is 14.8 Å². The highest BCUT2D eigenvalue weighted by Gasteiger charge is 2.12. The number of pyridine rings is 1. The van der Waals surface area contributed by atoms with Crippen molar-refractivity contribution in [2.24, 2.45) is 0 Å². The van der Waals surface area contributed by atoms with Gasteiger partial charge in [-0.3, -0.25) is 4.98 Å². The summed E-state index contributed by atoms with van der Waals surface area (Å²) in [5.74, 6) is 1.13. The molecule has 0 saturated carbocycles. The Hall–Kier alpha value is -1.98. The summed E-state index contributed by atoms with van der Waals surface area (Å²) in [6.07, 6.45) is 1.78. The normalized spacial score (nSPS) is 10.2. The van der Waals surface area contributed by atoms with Gasteiger partial charge in [0.15, 0.2) is 11.5 Å². The summed E-state index contributed by atoms with van der Waals surface area (Å²) in [4.78, 5) is 4.29. The van der Waals surface area contributed by atoms with Crippen LogP contribution in [0.4, 0.5) is 0 Å². The third-order valence-corrected chi connectivity index (χ3v) is 4.48. The van der Waals surface area contributed by atoms with Crippen molar-refractivity contribution >= 4 is 35.6 Å². The van der Waals surface area contributed by atoms with Crippen molar-refractivity contribution in [1.82, 2.24) is 10.3 Å². The minimum atomic E-state index is 0. The molecule has 4 nitrogen and oxygen atoms in total.